The molecule has 0 unspecified atom stereocenters. The van der Waals surface area contributed by atoms with Crippen LogP contribution in [0.1, 0.15) is 11.1 Å². The second-order valence-electron chi connectivity index (χ2n) is 5.29. The summed E-state index contributed by atoms with van der Waals surface area (Å²) in [6.07, 6.45) is 3.83. The fraction of sp³-hybridized carbons (Fsp3) is 0.267. The van der Waals surface area contributed by atoms with Gasteiger partial charge >= 0.3 is 10.2 Å². The van der Waals surface area contributed by atoms with Crippen LogP contribution >= 0.6 is 11.6 Å². The number of rotatable bonds is 4. The number of aromatic nitrogens is 1. The molecule has 1 aliphatic heterocycles. The molecule has 3 rings (SSSR count). The molecule has 0 spiro atoms. The highest BCUT2D eigenvalue weighted by Crippen LogP contribution is 2.31. The van der Waals surface area contributed by atoms with Crippen molar-refractivity contribution < 1.29 is 12.8 Å². The molecule has 1 aromatic carbocycles. The Labute approximate surface area is 139 Å². The Morgan fingerprint density at radius 1 is 1.39 bits per heavy atom. The predicted molar refractivity (Wildman–Crippen MR) is 87.1 cm³/mol. The normalized spacial score (nSPS) is 14.3. The highest BCUT2D eigenvalue weighted by atomic mass is 35.5. The van der Waals surface area contributed by atoms with Crippen LogP contribution in [0.25, 0.3) is 0 Å². The van der Waals surface area contributed by atoms with Crippen molar-refractivity contribution in [2.24, 2.45) is 0 Å². The van der Waals surface area contributed by atoms with E-state index in [1.165, 1.54) is 29.6 Å². The molecule has 0 atom stereocenters. The number of anilines is 1. The van der Waals surface area contributed by atoms with Gasteiger partial charge in [-0.3, -0.25) is 9.29 Å². The number of benzene rings is 1. The van der Waals surface area contributed by atoms with E-state index in [0.717, 1.165) is 9.87 Å². The van der Waals surface area contributed by atoms with Crippen molar-refractivity contribution in [1.82, 2.24) is 9.29 Å². The van der Waals surface area contributed by atoms with Crippen LogP contribution in [0.15, 0.2) is 36.7 Å². The average Bonchev–Trinajstić information content (AvgIpc) is 2.95. The summed E-state index contributed by atoms with van der Waals surface area (Å²) in [5.41, 5.74) is 1.66. The zero-order valence-electron chi connectivity index (χ0n) is 12.4. The average molecular weight is 356 g/mol. The van der Waals surface area contributed by atoms with Gasteiger partial charge in [0.2, 0.25) is 0 Å². The van der Waals surface area contributed by atoms with E-state index in [1.807, 2.05) is 0 Å². The van der Waals surface area contributed by atoms with E-state index in [9.17, 15) is 12.8 Å². The van der Waals surface area contributed by atoms with Crippen LogP contribution in [0.5, 0.6) is 0 Å². The summed E-state index contributed by atoms with van der Waals surface area (Å²) in [4.78, 5) is 4.01. The van der Waals surface area contributed by atoms with Gasteiger partial charge in [-0.2, -0.15) is 12.7 Å². The van der Waals surface area contributed by atoms with Gasteiger partial charge in [-0.25, -0.2) is 4.39 Å². The molecule has 1 aromatic heterocycles. The second-order valence-corrected chi connectivity index (χ2v) is 7.66. The Balaban J connectivity index is 1.89. The lowest BCUT2D eigenvalue weighted by Gasteiger charge is -2.26. The largest absolute Gasteiger partial charge is 0.304 e. The zero-order chi connectivity index (χ0) is 16.6. The first-order valence-electron chi connectivity index (χ1n) is 7.01. The van der Waals surface area contributed by atoms with Crippen LogP contribution in [-0.2, 0) is 23.2 Å². The highest BCUT2D eigenvalue weighted by molar-refractivity contribution is 7.90. The van der Waals surface area contributed by atoms with Gasteiger partial charge in [0.15, 0.2) is 0 Å². The Morgan fingerprint density at radius 2 is 2.17 bits per heavy atom. The zero-order valence-corrected chi connectivity index (χ0v) is 14.0. The van der Waals surface area contributed by atoms with Gasteiger partial charge in [0.25, 0.3) is 0 Å². The van der Waals surface area contributed by atoms with Gasteiger partial charge in [0.1, 0.15) is 5.82 Å². The molecule has 0 N–H and O–H groups in total. The van der Waals surface area contributed by atoms with E-state index < -0.39 is 16.0 Å². The van der Waals surface area contributed by atoms with Gasteiger partial charge in [0.05, 0.1) is 5.69 Å². The minimum Gasteiger partial charge on any atom is -0.264 e. The van der Waals surface area contributed by atoms with E-state index in [-0.39, 0.29) is 17.1 Å². The summed E-state index contributed by atoms with van der Waals surface area (Å²) < 4.78 is 41.9. The summed E-state index contributed by atoms with van der Waals surface area (Å²) in [5.74, 6) is -0.523. The molecule has 0 radical (unpaired) electrons. The molecule has 0 fully saturated rings. The molecule has 122 valence electrons. The maximum absolute atomic E-state index is 13.9. The minimum absolute atomic E-state index is 0.134. The fourth-order valence-corrected chi connectivity index (χ4v) is 4.19. The maximum atomic E-state index is 13.9. The van der Waals surface area contributed by atoms with E-state index in [4.69, 9.17) is 11.6 Å². The summed E-state index contributed by atoms with van der Waals surface area (Å²) in [5, 5.41) is 0.207. The van der Waals surface area contributed by atoms with Gasteiger partial charge < -0.3 is 0 Å². The highest BCUT2D eigenvalue weighted by Gasteiger charge is 2.33. The van der Waals surface area contributed by atoms with Crippen molar-refractivity contribution in [3.8, 4) is 0 Å². The second kappa shape index (κ2) is 6.07. The van der Waals surface area contributed by atoms with Crippen molar-refractivity contribution in [3.63, 3.8) is 0 Å². The van der Waals surface area contributed by atoms with Crippen molar-refractivity contribution >= 4 is 27.5 Å². The molecule has 0 saturated heterocycles. The molecule has 8 heteroatoms. The monoisotopic (exact) mass is 355 g/mol. The number of pyridine rings is 1. The minimum atomic E-state index is -3.77. The van der Waals surface area contributed by atoms with Gasteiger partial charge in [-0.05, 0) is 30.2 Å². The SMILES string of the molecule is CN(Cc1c(F)cccc1Cl)S(=O)(=O)N1CCc2cnccc21. The number of halogens is 2. The molecule has 23 heavy (non-hydrogen) atoms. The third-order valence-corrected chi connectivity index (χ3v) is 6.05. The molecule has 2 aromatic rings. The smallest absolute Gasteiger partial charge is 0.264 e. The van der Waals surface area contributed by atoms with E-state index in [2.05, 4.69) is 4.98 Å². The molecule has 0 saturated carbocycles. The quantitative estimate of drug-likeness (QED) is 0.847. The van der Waals surface area contributed by atoms with Crippen LogP contribution < -0.4 is 4.31 Å². The number of fused-ring (bicyclic) bond motifs is 1. The maximum Gasteiger partial charge on any atom is 0.304 e. The topological polar surface area (TPSA) is 53.5 Å². The lowest BCUT2D eigenvalue weighted by Crippen LogP contribution is -2.40. The number of hydrogen-bond acceptors (Lipinski definition) is 3. The van der Waals surface area contributed by atoms with E-state index in [1.54, 1.807) is 18.5 Å². The molecular weight excluding hydrogens is 341 g/mol. The Hall–Kier alpha value is -1.70. The first-order chi connectivity index (χ1) is 10.9. The van der Waals surface area contributed by atoms with Crippen LogP contribution in [-0.4, -0.2) is 31.3 Å². The van der Waals surface area contributed by atoms with Gasteiger partial charge in [0, 0.05) is 43.1 Å². The summed E-state index contributed by atoms with van der Waals surface area (Å²) in [6, 6.07) is 5.96. The molecule has 1 aliphatic rings. The lowest BCUT2D eigenvalue weighted by molar-refractivity contribution is 0.454. The molecule has 0 aliphatic carbocycles. The van der Waals surface area contributed by atoms with Crippen molar-refractivity contribution in [1.29, 1.82) is 0 Å². The van der Waals surface area contributed by atoms with Crippen molar-refractivity contribution in [2.75, 3.05) is 17.9 Å². The Morgan fingerprint density at radius 3 is 2.91 bits per heavy atom. The summed E-state index contributed by atoms with van der Waals surface area (Å²) in [7, 11) is -2.36. The Kier molecular flexibility index (Phi) is 4.27. The fourth-order valence-electron chi connectivity index (χ4n) is 2.59. The lowest BCUT2D eigenvalue weighted by atomic mass is 10.2. The van der Waals surface area contributed by atoms with E-state index >= 15 is 0 Å². The standard InChI is InChI=1S/C15H15ClFN3O2S/c1-19(10-12-13(16)3-2-4-14(12)17)23(21,22)20-8-6-11-9-18-7-5-15(11)20/h2-5,7,9H,6,8,10H2,1H3. The molecule has 2 heterocycles. The van der Waals surface area contributed by atoms with Gasteiger partial charge in [-0.1, -0.05) is 17.7 Å². The van der Waals surface area contributed by atoms with Crippen LogP contribution in [0.2, 0.25) is 5.02 Å². The van der Waals surface area contributed by atoms with Gasteiger partial charge in [-0.15, -0.1) is 0 Å². The van der Waals surface area contributed by atoms with E-state index in [0.29, 0.717) is 18.7 Å². The molecular formula is C15H15ClFN3O2S. The van der Waals surface area contributed by atoms with Crippen molar-refractivity contribution in [2.45, 2.75) is 13.0 Å². The Bertz CT molecular complexity index is 824. The molecule has 0 bridgehead atoms. The summed E-state index contributed by atoms with van der Waals surface area (Å²) in [6.45, 7) is 0.212. The first kappa shape index (κ1) is 16.2. The van der Waals surface area contributed by atoms with Crippen LogP contribution in [0.4, 0.5) is 10.1 Å². The summed E-state index contributed by atoms with van der Waals surface area (Å²) >= 11 is 5.98. The molecule has 0 amide bonds. The van der Waals surface area contributed by atoms with Crippen LogP contribution in [0, 0.1) is 5.82 Å². The predicted octanol–water partition coefficient (Wildman–Crippen LogP) is 2.61. The third-order valence-electron chi connectivity index (χ3n) is 3.85. The van der Waals surface area contributed by atoms with Crippen molar-refractivity contribution in [3.05, 3.63) is 58.6 Å². The van der Waals surface area contributed by atoms with Crippen LogP contribution in [0.3, 0.4) is 0 Å². The number of hydrogen-bond donors (Lipinski definition) is 0. The number of nitrogens with zero attached hydrogens (tertiary/aromatic N) is 3. The first-order valence-corrected chi connectivity index (χ1v) is 8.78. The molecule has 5 nitrogen and oxygen atoms in total. The third kappa shape index (κ3) is 2.91.